The Kier molecular flexibility index (Phi) is 3.82. The second kappa shape index (κ2) is 4.72. The fraction of sp³-hybridized carbons (Fsp3) is 0.333. The minimum atomic E-state index is -4.74. The smallest absolute Gasteiger partial charge is 0.404 e. The van der Waals surface area contributed by atoms with Gasteiger partial charge in [-0.3, -0.25) is 0 Å². The van der Waals surface area contributed by atoms with Crippen LogP contribution in [0.5, 0.6) is 5.75 Å². The average molecular weight is 241 g/mol. The highest BCUT2D eigenvalue weighted by Gasteiger charge is 2.32. The van der Waals surface area contributed by atoms with Gasteiger partial charge in [0.1, 0.15) is 5.75 Å². The lowest BCUT2D eigenvalue weighted by Gasteiger charge is -2.11. The van der Waals surface area contributed by atoms with Crippen molar-refractivity contribution < 1.29 is 22.6 Å². The number of benzene rings is 1. The molecule has 0 radical (unpaired) electrons. The first-order chi connectivity index (χ1) is 6.92. The number of hydrogen-bond donors (Lipinski definition) is 0. The summed E-state index contributed by atoms with van der Waals surface area (Å²) < 4.78 is 44.3. The van der Waals surface area contributed by atoms with Gasteiger partial charge in [0.15, 0.2) is 0 Å². The summed E-state index contributed by atoms with van der Waals surface area (Å²) in [6, 6.07) is 4.09. The fourth-order valence-corrected chi connectivity index (χ4v) is 1.16. The van der Waals surface area contributed by atoms with Crippen LogP contribution in [0, 0.1) is 0 Å². The van der Waals surface area contributed by atoms with Gasteiger partial charge >= 0.3 is 6.36 Å². The van der Waals surface area contributed by atoms with Crippen molar-refractivity contribution in [2.45, 2.75) is 13.0 Å². The second-order valence-corrected chi connectivity index (χ2v) is 3.15. The zero-order valence-electron chi connectivity index (χ0n) is 7.77. The summed E-state index contributed by atoms with van der Waals surface area (Å²) in [6.07, 6.45) is -4.74. The predicted octanol–water partition coefficient (Wildman–Crippen LogP) is 3.39. The van der Waals surface area contributed by atoms with Gasteiger partial charge in [-0.1, -0.05) is 17.7 Å². The number of alkyl halides is 3. The molecule has 0 aliphatic carbocycles. The van der Waals surface area contributed by atoms with Crippen LogP contribution in [0.15, 0.2) is 18.2 Å². The van der Waals surface area contributed by atoms with Crippen molar-refractivity contribution in [1.29, 1.82) is 0 Å². The number of methoxy groups -OCH3 is 1. The molecule has 0 aliphatic heterocycles. The maximum Gasteiger partial charge on any atom is 0.573 e. The van der Waals surface area contributed by atoms with Crippen LogP contribution in [0.3, 0.4) is 0 Å². The van der Waals surface area contributed by atoms with E-state index in [-0.39, 0.29) is 11.6 Å². The molecule has 0 fully saturated rings. The lowest BCUT2D eigenvalue weighted by atomic mass is 10.2. The van der Waals surface area contributed by atoms with Gasteiger partial charge in [-0.15, -0.1) is 13.2 Å². The molecule has 6 heteroatoms. The van der Waals surface area contributed by atoms with Crippen molar-refractivity contribution in [3.05, 3.63) is 28.8 Å². The first-order valence-corrected chi connectivity index (χ1v) is 4.33. The summed E-state index contributed by atoms with van der Waals surface area (Å²) in [5.74, 6) is -0.418. The van der Waals surface area contributed by atoms with Gasteiger partial charge < -0.3 is 9.47 Å². The Bertz CT molecular complexity index is 339. The number of halogens is 4. The van der Waals surface area contributed by atoms with Crippen molar-refractivity contribution >= 4 is 11.6 Å². The fourth-order valence-electron chi connectivity index (χ4n) is 1.01. The van der Waals surface area contributed by atoms with E-state index in [1.165, 1.54) is 19.2 Å². The van der Waals surface area contributed by atoms with Gasteiger partial charge in [0, 0.05) is 7.11 Å². The average Bonchev–Trinajstić information content (AvgIpc) is 2.09. The lowest BCUT2D eigenvalue weighted by Crippen LogP contribution is -2.17. The van der Waals surface area contributed by atoms with E-state index in [4.69, 9.17) is 16.3 Å². The Balaban J connectivity index is 2.90. The summed E-state index contributed by atoms with van der Waals surface area (Å²) in [4.78, 5) is 0. The Morgan fingerprint density at radius 3 is 2.53 bits per heavy atom. The minimum absolute atomic E-state index is 0.0906. The topological polar surface area (TPSA) is 18.5 Å². The standard InChI is InChI=1S/C9H8ClF3O2/c1-14-5-6-2-3-7(10)8(4-6)15-9(11,12)13/h2-4H,5H2,1H3. The third-order valence-corrected chi connectivity index (χ3v) is 1.84. The SMILES string of the molecule is COCc1ccc(Cl)c(OC(F)(F)F)c1. The van der Waals surface area contributed by atoms with Crippen LogP contribution in [0.1, 0.15) is 5.56 Å². The third kappa shape index (κ3) is 3.97. The first-order valence-electron chi connectivity index (χ1n) is 3.95. The highest BCUT2D eigenvalue weighted by molar-refractivity contribution is 6.32. The molecule has 0 aromatic heterocycles. The van der Waals surface area contributed by atoms with Crippen LogP contribution in [0.25, 0.3) is 0 Å². The highest BCUT2D eigenvalue weighted by Crippen LogP contribution is 2.30. The molecular formula is C9H8ClF3O2. The summed E-state index contributed by atoms with van der Waals surface area (Å²) in [6.45, 7) is 0.200. The lowest BCUT2D eigenvalue weighted by molar-refractivity contribution is -0.274. The van der Waals surface area contributed by atoms with E-state index in [0.717, 1.165) is 0 Å². The predicted molar refractivity (Wildman–Crippen MR) is 48.8 cm³/mol. The van der Waals surface area contributed by atoms with Crippen molar-refractivity contribution in [2.24, 2.45) is 0 Å². The molecule has 1 aromatic rings. The second-order valence-electron chi connectivity index (χ2n) is 2.75. The first kappa shape index (κ1) is 12.1. The van der Waals surface area contributed by atoms with E-state index in [1.54, 1.807) is 6.07 Å². The zero-order chi connectivity index (χ0) is 11.5. The molecule has 0 heterocycles. The van der Waals surface area contributed by atoms with Gasteiger partial charge in [0.2, 0.25) is 0 Å². The molecule has 0 atom stereocenters. The molecule has 0 amide bonds. The van der Waals surface area contributed by atoms with Crippen molar-refractivity contribution in [3.8, 4) is 5.75 Å². The number of rotatable bonds is 3. The largest absolute Gasteiger partial charge is 0.573 e. The third-order valence-electron chi connectivity index (χ3n) is 1.53. The summed E-state index contributed by atoms with van der Waals surface area (Å²) in [5, 5.41) is -0.0906. The Morgan fingerprint density at radius 2 is 2.00 bits per heavy atom. The Labute approximate surface area is 89.6 Å². The molecule has 15 heavy (non-hydrogen) atoms. The number of hydrogen-bond acceptors (Lipinski definition) is 2. The van der Waals surface area contributed by atoms with Gasteiger partial charge in [-0.25, -0.2) is 0 Å². The molecule has 0 unspecified atom stereocenters. The van der Waals surface area contributed by atoms with Crippen LogP contribution >= 0.6 is 11.6 Å². The van der Waals surface area contributed by atoms with Crippen LogP contribution in [-0.4, -0.2) is 13.5 Å². The molecule has 0 bridgehead atoms. The molecular weight excluding hydrogens is 233 g/mol. The molecule has 0 N–H and O–H groups in total. The van der Waals surface area contributed by atoms with Crippen molar-refractivity contribution in [1.82, 2.24) is 0 Å². The molecule has 2 nitrogen and oxygen atoms in total. The Morgan fingerprint density at radius 1 is 1.33 bits per heavy atom. The minimum Gasteiger partial charge on any atom is -0.404 e. The molecule has 0 saturated carbocycles. The van der Waals surface area contributed by atoms with E-state index in [2.05, 4.69) is 4.74 Å². The van der Waals surface area contributed by atoms with Gasteiger partial charge in [-0.05, 0) is 17.7 Å². The van der Waals surface area contributed by atoms with Gasteiger partial charge in [0.05, 0.1) is 11.6 Å². The van der Waals surface area contributed by atoms with E-state index in [9.17, 15) is 13.2 Å². The Hall–Kier alpha value is -0.940. The van der Waals surface area contributed by atoms with E-state index in [1.807, 2.05) is 0 Å². The van der Waals surface area contributed by atoms with E-state index < -0.39 is 12.1 Å². The van der Waals surface area contributed by atoms with Gasteiger partial charge in [0.25, 0.3) is 0 Å². The molecule has 1 aromatic carbocycles. The summed E-state index contributed by atoms with van der Waals surface area (Å²) >= 11 is 5.54. The molecule has 0 spiro atoms. The maximum absolute atomic E-state index is 11.9. The quantitative estimate of drug-likeness (QED) is 0.806. The van der Waals surface area contributed by atoms with Crippen LogP contribution < -0.4 is 4.74 Å². The monoisotopic (exact) mass is 240 g/mol. The normalized spacial score (nSPS) is 11.5. The highest BCUT2D eigenvalue weighted by atomic mass is 35.5. The van der Waals surface area contributed by atoms with Crippen LogP contribution in [0.4, 0.5) is 13.2 Å². The van der Waals surface area contributed by atoms with Crippen LogP contribution in [0.2, 0.25) is 5.02 Å². The van der Waals surface area contributed by atoms with Crippen molar-refractivity contribution in [2.75, 3.05) is 7.11 Å². The summed E-state index contributed by atoms with van der Waals surface area (Å²) in [5.41, 5.74) is 0.557. The van der Waals surface area contributed by atoms with Crippen molar-refractivity contribution in [3.63, 3.8) is 0 Å². The van der Waals surface area contributed by atoms with E-state index in [0.29, 0.717) is 5.56 Å². The summed E-state index contributed by atoms with van der Waals surface area (Å²) in [7, 11) is 1.44. The van der Waals surface area contributed by atoms with E-state index >= 15 is 0 Å². The molecule has 0 saturated heterocycles. The maximum atomic E-state index is 11.9. The number of ether oxygens (including phenoxy) is 2. The zero-order valence-corrected chi connectivity index (χ0v) is 8.52. The van der Waals surface area contributed by atoms with Gasteiger partial charge in [-0.2, -0.15) is 0 Å². The molecule has 0 aliphatic rings. The molecule has 1 rings (SSSR count). The van der Waals surface area contributed by atoms with Crippen LogP contribution in [-0.2, 0) is 11.3 Å². The molecule has 84 valence electrons.